The molecule has 11 aromatic rings. The number of benzene rings is 9. The van der Waals surface area contributed by atoms with E-state index in [4.69, 9.17) is 4.42 Å². The number of hydrogen-bond donors (Lipinski definition) is 0. The lowest BCUT2D eigenvalue weighted by atomic mass is 9.82. The van der Waals surface area contributed by atoms with Crippen molar-refractivity contribution in [1.29, 1.82) is 0 Å². The second-order valence-corrected chi connectivity index (χ2v) is 21.6. The maximum atomic E-state index is 6.70. The molecule has 64 heavy (non-hydrogen) atoms. The average Bonchev–Trinajstić information content (AvgIpc) is 4.03. The molecular formula is C60H46N2OSi. The zero-order valence-corrected chi connectivity index (χ0v) is 36.6. The number of fused-ring (bicyclic) bond motifs is 10. The van der Waals surface area contributed by atoms with E-state index in [-0.39, 0.29) is 0 Å². The van der Waals surface area contributed by atoms with Gasteiger partial charge in [-0.1, -0.05) is 177 Å². The maximum Gasteiger partial charge on any atom is 0.179 e. The molecule has 1 aliphatic heterocycles. The van der Waals surface area contributed by atoms with Gasteiger partial charge in [0.1, 0.15) is 5.58 Å². The number of para-hydroxylation sites is 3. The monoisotopic (exact) mass is 838 g/mol. The van der Waals surface area contributed by atoms with Crippen LogP contribution in [0.4, 0.5) is 11.4 Å². The quantitative estimate of drug-likeness (QED) is 0.118. The lowest BCUT2D eigenvalue weighted by molar-refractivity contribution is 0.402. The van der Waals surface area contributed by atoms with Gasteiger partial charge in [0.15, 0.2) is 13.7 Å². The van der Waals surface area contributed by atoms with Crippen molar-refractivity contribution in [3.05, 3.63) is 224 Å². The molecule has 0 radical (unpaired) electrons. The highest BCUT2D eigenvalue weighted by Gasteiger charge is 2.42. The Morgan fingerprint density at radius 1 is 0.438 bits per heavy atom. The minimum Gasteiger partial charge on any atom is -0.454 e. The fourth-order valence-electron chi connectivity index (χ4n) is 11.8. The number of anilines is 2. The van der Waals surface area contributed by atoms with Crippen molar-refractivity contribution < 1.29 is 4.42 Å². The van der Waals surface area contributed by atoms with E-state index in [0.29, 0.717) is 12.0 Å². The van der Waals surface area contributed by atoms with Crippen molar-refractivity contribution >= 4 is 83.9 Å². The Morgan fingerprint density at radius 2 is 1.02 bits per heavy atom. The molecule has 0 spiro atoms. The van der Waals surface area contributed by atoms with E-state index in [1.807, 2.05) is 0 Å². The minimum absolute atomic E-state index is 0.528. The summed E-state index contributed by atoms with van der Waals surface area (Å²) in [4.78, 5) is 2.64. The van der Waals surface area contributed by atoms with Crippen LogP contribution >= 0.6 is 0 Å². The fraction of sp³-hybridized carbons (Fsp3) is 0.100. The van der Waals surface area contributed by atoms with Crippen LogP contribution in [0.5, 0.6) is 0 Å². The first-order valence-corrected chi connectivity index (χ1v) is 24.9. The Balaban J connectivity index is 0.957. The van der Waals surface area contributed by atoms with Gasteiger partial charge in [-0.25, -0.2) is 0 Å². The smallest absolute Gasteiger partial charge is 0.179 e. The van der Waals surface area contributed by atoms with E-state index in [1.165, 1.54) is 90.8 Å². The molecule has 2 aromatic heterocycles. The molecule has 2 aliphatic rings. The van der Waals surface area contributed by atoms with Crippen LogP contribution in [0.2, 0.25) is 0 Å². The minimum atomic E-state index is -2.83. The van der Waals surface area contributed by atoms with Gasteiger partial charge in [-0.3, -0.25) is 0 Å². The van der Waals surface area contributed by atoms with Gasteiger partial charge in [0, 0.05) is 50.6 Å². The Hall–Kier alpha value is -7.40. The van der Waals surface area contributed by atoms with Gasteiger partial charge in [-0.05, 0) is 105 Å². The summed E-state index contributed by atoms with van der Waals surface area (Å²) < 4.78 is 9.11. The summed E-state index contributed by atoms with van der Waals surface area (Å²) >= 11 is 0. The van der Waals surface area contributed by atoms with Crippen LogP contribution in [0.25, 0.3) is 60.6 Å². The summed E-state index contributed by atoms with van der Waals surface area (Å²) in [6.07, 6.45) is 5.11. The van der Waals surface area contributed by atoms with Gasteiger partial charge in [-0.15, -0.1) is 0 Å². The first-order chi connectivity index (χ1) is 31.8. The standard InChI is InChI=1S/C60H46N2OSi/c1-4-16-43(17-5-1)61-55-25-13-11-23-50(55)54-40-42(30-39-57(54)61)41-28-33-47(34-29-41)64(45-18-6-2-7-19-45,46-20-8-3-9-21-46)48-35-31-44(32-36-48)62-56-26-14-10-22-49(56)52-37-38-53-51-24-12-15-27-58(51)63-60(53)59(52)62/h1-10,12,14-22,24,26-40,50,55H,11,13,23,25H2. The van der Waals surface area contributed by atoms with E-state index in [9.17, 15) is 0 Å². The molecule has 306 valence electrons. The zero-order valence-electron chi connectivity index (χ0n) is 35.6. The van der Waals surface area contributed by atoms with Crippen molar-refractivity contribution in [2.24, 2.45) is 0 Å². The molecule has 0 bridgehead atoms. The molecule has 4 heteroatoms. The molecule has 13 rings (SSSR count). The normalized spacial score (nSPS) is 16.2. The second-order valence-electron chi connectivity index (χ2n) is 17.8. The molecule has 0 N–H and O–H groups in total. The van der Waals surface area contributed by atoms with Crippen molar-refractivity contribution in [1.82, 2.24) is 4.57 Å². The summed E-state index contributed by atoms with van der Waals surface area (Å²) in [6, 6.07) is 82.1. The van der Waals surface area contributed by atoms with E-state index in [2.05, 4.69) is 228 Å². The predicted molar refractivity (Wildman–Crippen MR) is 271 cm³/mol. The number of aromatic nitrogens is 1. The first kappa shape index (κ1) is 37.2. The Bertz CT molecular complexity index is 3460. The SMILES string of the molecule is c1ccc(N2c3ccc(-c4ccc([Si](c5ccccc5)(c5ccccc5)c5ccc(-n6c7ccccc7c7ccc8c9ccccc9oc8c76)cc5)cc4)cc3C3CCCCC32)cc1. The van der Waals surface area contributed by atoms with Gasteiger partial charge in [-0.2, -0.15) is 0 Å². The lowest BCUT2D eigenvalue weighted by Crippen LogP contribution is -2.74. The van der Waals surface area contributed by atoms with Gasteiger partial charge in [0.2, 0.25) is 0 Å². The average molecular weight is 839 g/mol. The van der Waals surface area contributed by atoms with Crippen molar-refractivity contribution in [3.63, 3.8) is 0 Å². The molecule has 1 saturated carbocycles. The number of furan rings is 1. The number of hydrogen-bond acceptors (Lipinski definition) is 2. The summed E-state index contributed by atoms with van der Waals surface area (Å²) in [5.41, 5.74) is 12.0. The highest BCUT2D eigenvalue weighted by Crippen LogP contribution is 2.52. The first-order valence-electron chi connectivity index (χ1n) is 22.9. The highest BCUT2D eigenvalue weighted by atomic mass is 28.3. The molecule has 2 atom stereocenters. The Kier molecular flexibility index (Phi) is 8.63. The third-order valence-corrected chi connectivity index (χ3v) is 19.4. The van der Waals surface area contributed by atoms with Crippen LogP contribution in [0.1, 0.15) is 37.2 Å². The summed E-state index contributed by atoms with van der Waals surface area (Å²) in [7, 11) is -2.83. The van der Waals surface area contributed by atoms with Crippen molar-refractivity contribution in [2.75, 3.05) is 4.90 Å². The molecule has 1 aliphatic carbocycles. The number of nitrogens with zero attached hydrogens (tertiary/aromatic N) is 2. The Morgan fingerprint density at radius 3 is 1.75 bits per heavy atom. The van der Waals surface area contributed by atoms with E-state index in [1.54, 1.807) is 0 Å². The van der Waals surface area contributed by atoms with Gasteiger partial charge in [0.25, 0.3) is 0 Å². The Labute approximate surface area is 374 Å². The summed E-state index contributed by atoms with van der Waals surface area (Å²) in [6.45, 7) is 0. The van der Waals surface area contributed by atoms with Gasteiger partial charge < -0.3 is 13.9 Å². The molecule has 1 fully saturated rings. The molecule has 3 nitrogen and oxygen atoms in total. The maximum absolute atomic E-state index is 6.70. The van der Waals surface area contributed by atoms with Crippen molar-refractivity contribution in [2.45, 2.75) is 37.6 Å². The lowest BCUT2D eigenvalue weighted by Gasteiger charge is -2.34. The topological polar surface area (TPSA) is 21.3 Å². The molecular weight excluding hydrogens is 793 g/mol. The van der Waals surface area contributed by atoms with Crippen LogP contribution in [0.15, 0.2) is 223 Å². The van der Waals surface area contributed by atoms with E-state index < -0.39 is 8.07 Å². The predicted octanol–water partition coefficient (Wildman–Crippen LogP) is 12.9. The third-order valence-electron chi connectivity index (χ3n) is 14.6. The van der Waals surface area contributed by atoms with E-state index in [0.717, 1.165) is 33.1 Å². The van der Waals surface area contributed by atoms with Crippen LogP contribution in [-0.4, -0.2) is 18.7 Å². The molecule has 2 unspecified atom stereocenters. The van der Waals surface area contributed by atoms with Crippen LogP contribution in [0, 0.1) is 0 Å². The zero-order chi connectivity index (χ0) is 42.2. The van der Waals surface area contributed by atoms with Crippen LogP contribution < -0.4 is 25.6 Å². The summed E-state index contributed by atoms with van der Waals surface area (Å²) in [5.74, 6) is 0.564. The van der Waals surface area contributed by atoms with Crippen LogP contribution in [0.3, 0.4) is 0 Å². The summed E-state index contributed by atoms with van der Waals surface area (Å²) in [5, 5.41) is 10.1. The molecule has 0 saturated heterocycles. The van der Waals surface area contributed by atoms with Crippen LogP contribution in [-0.2, 0) is 0 Å². The van der Waals surface area contributed by atoms with Crippen molar-refractivity contribution in [3.8, 4) is 16.8 Å². The number of rotatable bonds is 7. The molecule has 3 heterocycles. The second kappa shape index (κ2) is 14.9. The molecule has 0 amide bonds. The third kappa shape index (κ3) is 5.58. The molecule has 9 aromatic carbocycles. The van der Waals surface area contributed by atoms with Gasteiger partial charge in [0.05, 0.1) is 11.0 Å². The van der Waals surface area contributed by atoms with Gasteiger partial charge >= 0.3 is 0 Å². The fourth-order valence-corrected chi connectivity index (χ4v) is 16.5. The van der Waals surface area contributed by atoms with E-state index >= 15 is 0 Å². The largest absolute Gasteiger partial charge is 0.454 e. The highest BCUT2D eigenvalue weighted by molar-refractivity contribution is 7.19.